The Balaban J connectivity index is 2.76. The minimum absolute atomic E-state index is 0.310. The number of alkyl halides is 1. The van der Waals surface area contributed by atoms with Gasteiger partial charge in [0.1, 0.15) is 0 Å². The summed E-state index contributed by atoms with van der Waals surface area (Å²) >= 11 is 3.20. The second-order valence-electron chi connectivity index (χ2n) is 2.64. The molecular formula is C8H6BrNO2S. The van der Waals surface area contributed by atoms with Gasteiger partial charge in [0.15, 0.2) is 0 Å². The summed E-state index contributed by atoms with van der Waals surface area (Å²) in [5.41, 5.74) is 1.29. The molecule has 1 aliphatic heterocycles. The summed E-state index contributed by atoms with van der Waals surface area (Å²) in [6.45, 7) is 0. The Labute approximate surface area is 84.7 Å². The van der Waals surface area contributed by atoms with E-state index in [0.29, 0.717) is 21.5 Å². The smallest absolute Gasteiger partial charge is 0.199 e. The second-order valence-corrected chi connectivity index (χ2v) is 4.78. The molecule has 5 heteroatoms. The zero-order valence-corrected chi connectivity index (χ0v) is 8.97. The first-order valence-electron chi connectivity index (χ1n) is 3.64. The van der Waals surface area contributed by atoms with Crippen LogP contribution in [-0.2, 0) is 10.0 Å². The van der Waals surface area contributed by atoms with E-state index in [4.69, 9.17) is 0 Å². The molecule has 0 fully saturated rings. The van der Waals surface area contributed by atoms with E-state index in [0.717, 1.165) is 0 Å². The third-order valence-electron chi connectivity index (χ3n) is 1.83. The minimum atomic E-state index is -3.41. The summed E-state index contributed by atoms with van der Waals surface area (Å²) < 4.78 is 26.5. The van der Waals surface area contributed by atoms with Crippen molar-refractivity contribution in [2.24, 2.45) is 4.40 Å². The van der Waals surface area contributed by atoms with Crippen LogP contribution < -0.4 is 0 Å². The molecule has 0 aromatic heterocycles. The largest absolute Gasteiger partial charge is 0.283 e. The first-order chi connectivity index (χ1) is 6.15. The molecule has 0 atom stereocenters. The van der Waals surface area contributed by atoms with Crippen molar-refractivity contribution in [3.05, 3.63) is 29.8 Å². The number of fused-ring (bicyclic) bond motifs is 1. The first kappa shape index (κ1) is 8.90. The number of hydrogen-bond acceptors (Lipinski definition) is 2. The zero-order chi connectivity index (χ0) is 9.47. The molecule has 13 heavy (non-hydrogen) atoms. The van der Waals surface area contributed by atoms with Crippen LogP contribution in [0.4, 0.5) is 0 Å². The van der Waals surface area contributed by atoms with Crippen LogP contribution in [0.1, 0.15) is 5.56 Å². The number of sulfonamides is 1. The van der Waals surface area contributed by atoms with Gasteiger partial charge in [0, 0.05) is 10.9 Å². The van der Waals surface area contributed by atoms with Crippen molar-refractivity contribution in [1.29, 1.82) is 0 Å². The van der Waals surface area contributed by atoms with E-state index < -0.39 is 10.0 Å². The monoisotopic (exact) mass is 259 g/mol. The average Bonchev–Trinajstić information content (AvgIpc) is 2.39. The molecule has 1 aliphatic rings. The lowest BCUT2D eigenvalue weighted by Gasteiger charge is -1.95. The van der Waals surface area contributed by atoms with Gasteiger partial charge in [-0.15, -0.1) is 0 Å². The molecule has 1 aromatic rings. The van der Waals surface area contributed by atoms with Crippen LogP contribution in [0.15, 0.2) is 33.6 Å². The van der Waals surface area contributed by atoms with E-state index in [2.05, 4.69) is 20.3 Å². The molecule has 3 nitrogen and oxygen atoms in total. The predicted molar refractivity (Wildman–Crippen MR) is 54.0 cm³/mol. The molecule has 2 rings (SSSR count). The fourth-order valence-electron chi connectivity index (χ4n) is 1.27. The van der Waals surface area contributed by atoms with Gasteiger partial charge in [0.25, 0.3) is 10.0 Å². The lowest BCUT2D eigenvalue weighted by Crippen LogP contribution is -1.97. The van der Waals surface area contributed by atoms with E-state index in [1.807, 2.05) is 0 Å². The van der Waals surface area contributed by atoms with Gasteiger partial charge in [-0.2, -0.15) is 12.8 Å². The third-order valence-corrected chi connectivity index (χ3v) is 3.74. The van der Waals surface area contributed by atoms with Gasteiger partial charge in [0.05, 0.1) is 10.6 Å². The van der Waals surface area contributed by atoms with E-state index in [-0.39, 0.29) is 0 Å². The predicted octanol–water partition coefficient (Wildman–Crippen LogP) is 1.57. The molecule has 0 spiro atoms. The maximum Gasteiger partial charge on any atom is 0.283 e. The lowest BCUT2D eigenvalue weighted by atomic mass is 10.1. The molecule has 1 heterocycles. The van der Waals surface area contributed by atoms with Gasteiger partial charge in [-0.25, -0.2) is 0 Å². The van der Waals surface area contributed by atoms with Crippen LogP contribution in [0.2, 0.25) is 0 Å². The summed E-state index contributed by atoms with van der Waals surface area (Å²) in [6, 6.07) is 6.84. The molecule has 0 bridgehead atoms. The molecule has 0 N–H and O–H groups in total. The highest BCUT2D eigenvalue weighted by Crippen LogP contribution is 2.26. The van der Waals surface area contributed by atoms with Crippen molar-refractivity contribution >= 4 is 31.7 Å². The molecule has 0 amide bonds. The van der Waals surface area contributed by atoms with Crippen molar-refractivity contribution in [3.63, 3.8) is 0 Å². The Morgan fingerprint density at radius 3 is 2.69 bits per heavy atom. The van der Waals surface area contributed by atoms with Crippen LogP contribution in [0.5, 0.6) is 0 Å². The van der Waals surface area contributed by atoms with Crippen molar-refractivity contribution < 1.29 is 8.42 Å². The molecule has 68 valence electrons. The summed E-state index contributed by atoms with van der Waals surface area (Å²) in [4.78, 5) is 0.310. The molecule has 0 aliphatic carbocycles. The Morgan fingerprint density at radius 1 is 1.31 bits per heavy atom. The van der Waals surface area contributed by atoms with Crippen molar-refractivity contribution in [2.75, 3.05) is 5.33 Å². The third kappa shape index (κ3) is 1.32. The molecule has 0 saturated carbocycles. The number of halogens is 1. The fourth-order valence-corrected chi connectivity index (χ4v) is 3.13. The van der Waals surface area contributed by atoms with Crippen LogP contribution in [0.25, 0.3) is 0 Å². The summed E-state index contributed by atoms with van der Waals surface area (Å²) in [5, 5.41) is 0.462. The summed E-state index contributed by atoms with van der Waals surface area (Å²) in [5.74, 6) is 0. The van der Waals surface area contributed by atoms with Crippen molar-refractivity contribution in [1.82, 2.24) is 0 Å². The quantitative estimate of drug-likeness (QED) is 0.719. The van der Waals surface area contributed by atoms with Crippen LogP contribution in [0.3, 0.4) is 0 Å². The highest BCUT2D eigenvalue weighted by atomic mass is 79.9. The van der Waals surface area contributed by atoms with Gasteiger partial charge >= 0.3 is 0 Å². The zero-order valence-electron chi connectivity index (χ0n) is 6.57. The number of benzene rings is 1. The maximum atomic E-state index is 11.4. The Morgan fingerprint density at radius 2 is 2.00 bits per heavy atom. The molecule has 0 radical (unpaired) electrons. The summed E-state index contributed by atoms with van der Waals surface area (Å²) in [7, 11) is -3.41. The molecule has 1 aromatic carbocycles. The lowest BCUT2D eigenvalue weighted by molar-refractivity contribution is 0.599. The maximum absolute atomic E-state index is 11.4. The van der Waals surface area contributed by atoms with Crippen LogP contribution in [-0.4, -0.2) is 19.5 Å². The summed E-state index contributed by atoms with van der Waals surface area (Å²) in [6.07, 6.45) is 0. The fraction of sp³-hybridized carbons (Fsp3) is 0.125. The number of hydrogen-bond donors (Lipinski definition) is 0. The minimum Gasteiger partial charge on any atom is -0.199 e. The highest BCUT2D eigenvalue weighted by Gasteiger charge is 2.26. The van der Waals surface area contributed by atoms with Crippen LogP contribution >= 0.6 is 15.9 Å². The van der Waals surface area contributed by atoms with Gasteiger partial charge in [-0.05, 0) is 6.07 Å². The first-order valence-corrected chi connectivity index (χ1v) is 6.20. The van der Waals surface area contributed by atoms with Crippen LogP contribution in [0, 0.1) is 0 Å². The van der Waals surface area contributed by atoms with E-state index in [1.54, 1.807) is 24.3 Å². The van der Waals surface area contributed by atoms with Gasteiger partial charge in [-0.3, -0.25) is 0 Å². The highest BCUT2D eigenvalue weighted by molar-refractivity contribution is 9.09. The molecule has 0 saturated heterocycles. The molecule has 0 unspecified atom stereocenters. The normalized spacial score (nSPS) is 18.1. The Hall–Kier alpha value is -0.680. The number of rotatable bonds is 1. The van der Waals surface area contributed by atoms with Crippen molar-refractivity contribution in [3.8, 4) is 0 Å². The molecular weight excluding hydrogens is 254 g/mol. The van der Waals surface area contributed by atoms with Gasteiger partial charge in [-0.1, -0.05) is 34.1 Å². The van der Waals surface area contributed by atoms with Gasteiger partial charge in [0.2, 0.25) is 0 Å². The standard InChI is InChI=1S/C8H6BrNO2S/c9-5-7-6-3-1-2-4-8(6)13(11,12)10-7/h1-4H,5H2. The Kier molecular flexibility index (Phi) is 2.00. The average molecular weight is 260 g/mol. The topological polar surface area (TPSA) is 46.5 Å². The Bertz CT molecular complexity index is 479. The second kappa shape index (κ2) is 2.92. The SMILES string of the molecule is O=S1(=O)N=C(CBr)c2ccccc21. The van der Waals surface area contributed by atoms with E-state index in [9.17, 15) is 8.42 Å². The van der Waals surface area contributed by atoms with E-state index in [1.165, 1.54) is 0 Å². The number of nitrogens with zero attached hydrogens (tertiary/aromatic N) is 1. The van der Waals surface area contributed by atoms with E-state index >= 15 is 0 Å². The van der Waals surface area contributed by atoms with Crippen molar-refractivity contribution in [2.45, 2.75) is 4.90 Å². The van der Waals surface area contributed by atoms with Gasteiger partial charge < -0.3 is 0 Å².